The molecule has 0 saturated heterocycles. The first-order valence-electron chi connectivity index (χ1n) is 9.26. The minimum atomic E-state index is -2.03. The van der Waals surface area contributed by atoms with Crippen molar-refractivity contribution in [1.29, 1.82) is 0 Å². The molecule has 2 aliphatic carbocycles. The Morgan fingerprint density at radius 2 is 1.30 bits per heavy atom. The normalized spacial score (nSPS) is 17.2. The molecule has 2 aromatic rings. The second kappa shape index (κ2) is 8.73. The average Bonchev–Trinajstić information content (AvgIpc) is 3.05. The molecule has 2 aromatic carbocycles. The van der Waals surface area contributed by atoms with Gasteiger partial charge in [0.25, 0.3) is 0 Å². The fourth-order valence-electron chi connectivity index (χ4n) is 4.76. The number of halogens is 2. The van der Waals surface area contributed by atoms with E-state index < -0.39 is 21.3 Å². The van der Waals surface area contributed by atoms with E-state index in [1.54, 1.807) is 19.9 Å². The third kappa shape index (κ3) is 3.64. The molecule has 0 amide bonds. The van der Waals surface area contributed by atoms with Gasteiger partial charge in [0.05, 0.1) is 0 Å². The van der Waals surface area contributed by atoms with E-state index in [9.17, 15) is 0 Å². The molecule has 1 unspecified atom stereocenters. The number of fused-ring (bicyclic) bond motifs is 3. The first-order chi connectivity index (χ1) is 12.0. The molecule has 4 rings (SSSR count). The van der Waals surface area contributed by atoms with Gasteiger partial charge >= 0.3 is 160 Å². The monoisotopic (exact) mass is 474 g/mol. The van der Waals surface area contributed by atoms with E-state index >= 15 is 0 Å². The zero-order valence-electron chi connectivity index (χ0n) is 16.6. The number of benzene rings is 2. The molecule has 0 saturated carbocycles. The maximum atomic E-state index is 2.49. The van der Waals surface area contributed by atoms with E-state index in [1.165, 1.54) is 16.7 Å². The van der Waals surface area contributed by atoms with E-state index in [4.69, 9.17) is 0 Å². The Balaban J connectivity index is 0.00000131. The van der Waals surface area contributed by atoms with Crippen LogP contribution in [0.4, 0.5) is 0 Å². The topological polar surface area (TPSA) is 0 Å². The van der Waals surface area contributed by atoms with Crippen LogP contribution in [0.3, 0.4) is 0 Å². The van der Waals surface area contributed by atoms with Gasteiger partial charge in [0.15, 0.2) is 0 Å². The standard InChI is InChI=1S/C13H9.C8H11.C3H6.2ClH.Zr/c1-3-7-12-10(5-1)9-11-6-2-4-8-13(11)12;1-6-4-7(2)8(3)5-6;1-3-2;;;/h1-9H;4,6H,1-3H3;1-2H3;2*1H;/q;;;;;+2/p-2. The maximum absolute atomic E-state index is 2.49. The van der Waals surface area contributed by atoms with Crippen LogP contribution >= 0.6 is 0 Å². The van der Waals surface area contributed by atoms with Crippen LogP contribution < -0.4 is 24.8 Å². The quantitative estimate of drug-likeness (QED) is 0.591. The third-order valence-electron chi connectivity index (χ3n) is 5.90. The van der Waals surface area contributed by atoms with Gasteiger partial charge in [-0.15, -0.1) is 0 Å². The summed E-state index contributed by atoms with van der Waals surface area (Å²) >= 11 is -2.03. The van der Waals surface area contributed by atoms with Crippen molar-refractivity contribution in [3.05, 3.63) is 80.2 Å². The molecule has 3 heteroatoms. The summed E-state index contributed by atoms with van der Waals surface area (Å²) in [6, 6.07) is 18.3. The molecule has 0 aliphatic heterocycles. The maximum Gasteiger partial charge on any atom is -1.00 e. The van der Waals surface area contributed by atoms with Crippen LogP contribution in [0.2, 0.25) is 0 Å². The molecule has 27 heavy (non-hydrogen) atoms. The number of hydrogen-bond acceptors (Lipinski definition) is 0. The van der Waals surface area contributed by atoms with Gasteiger partial charge in [-0.05, 0) is 0 Å². The van der Waals surface area contributed by atoms with Crippen LogP contribution in [-0.4, -0.2) is 3.21 Å². The van der Waals surface area contributed by atoms with Crippen molar-refractivity contribution in [2.45, 2.75) is 38.2 Å². The molecule has 0 heterocycles. The second-order valence-corrected chi connectivity index (χ2v) is 14.9. The van der Waals surface area contributed by atoms with Gasteiger partial charge in [-0.2, -0.15) is 0 Å². The molecule has 0 radical (unpaired) electrons. The Morgan fingerprint density at radius 3 is 1.70 bits per heavy atom. The van der Waals surface area contributed by atoms with Crippen LogP contribution in [0, 0.1) is 5.92 Å². The summed E-state index contributed by atoms with van der Waals surface area (Å²) in [5, 5.41) is 0. The number of rotatable bonds is 2. The van der Waals surface area contributed by atoms with Gasteiger partial charge in [-0.25, -0.2) is 0 Å². The van der Waals surface area contributed by atoms with E-state index in [0.29, 0.717) is 9.54 Å². The Morgan fingerprint density at radius 1 is 0.815 bits per heavy atom. The number of hydrogen-bond donors (Lipinski definition) is 0. The van der Waals surface area contributed by atoms with Crippen LogP contribution in [0.5, 0.6) is 0 Å². The minimum absolute atomic E-state index is 0. The molecule has 0 aromatic heterocycles. The van der Waals surface area contributed by atoms with Crippen molar-refractivity contribution in [2.24, 2.45) is 5.92 Å². The molecule has 140 valence electrons. The van der Waals surface area contributed by atoms with E-state index in [2.05, 4.69) is 89.2 Å². The number of allylic oxidation sites excluding steroid dienone is 4. The first-order valence-corrected chi connectivity index (χ1v) is 13.1. The zero-order chi connectivity index (χ0) is 17.7. The summed E-state index contributed by atoms with van der Waals surface area (Å²) in [6.07, 6.45) is 2.49. The smallest absolute Gasteiger partial charge is 1.00 e. The van der Waals surface area contributed by atoms with E-state index in [0.717, 1.165) is 0 Å². The molecule has 1 atom stereocenters. The van der Waals surface area contributed by atoms with Crippen LogP contribution in [-0.2, 0) is 21.3 Å². The van der Waals surface area contributed by atoms with Crippen molar-refractivity contribution in [3.8, 4) is 11.1 Å². The SMILES string of the molecule is CC1=CC(C)[C]([Zr+2](=[C](C)C)[CH]2c3ccccc3-c3ccccc32)=C1C.[Cl-].[Cl-]. The first kappa shape index (κ1) is 22.5. The summed E-state index contributed by atoms with van der Waals surface area (Å²) in [4.78, 5) is 0. The van der Waals surface area contributed by atoms with Gasteiger partial charge in [-0.3, -0.25) is 0 Å². The largest absolute Gasteiger partial charge is 1.00 e. The Labute approximate surface area is 183 Å². The Kier molecular flexibility index (Phi) is 7.29. The Bertz CT molecular complexity index is 916. The predicted molar refractivity (Wildman–Crippen MR) is 106 cm³/mol. The second-order valence-electron chi connectivity index (χ2n) is 7.70. The zero-order valence-corrected chi connectivity index (χ0v) is 20.6. The van der Waals surface area contributed by atoms with Crippen molar-refractivity contribution >= 4 is 3.21 Å². The van der Waals surface area contributed by atoms with Gasteiger partial charge in [-0.1, -0.05) is 0 Å². The summed E-state index contributed by atoms with van der Waals surface area (Å²) in [7, 11) is 0. The van der Waals surface area contributed by atoms with Gasteiger partial charge in [0.1, 0.15) is 0 Å². The van der Waals surface area contributed by atoms with Crippen molar-refractivity contribution in [1.82, 2.24) is 0 Å². The molecule has 0 spiro atoms. The van der Waals surface area contributed by atoms with Crippen molar-refractivity contribution < 1.29 is 46.1 Å². The van der Waals surface area contributed by atoms with E-state index in [1.807, 2.05) is 3.28 Å². The molecular formula is C24H26Cl2Zr. The molecule has 2 aliphatic rings. The molecule has 0 nitrogen and oxygen atoms in total. The Hall–Kier alpha value is -0.747. The van der Waals surface area contributed by atoms with Crippen molar-refractivity contribution in [2.75, 3.05) is 0 Å². The van der Waals surface area contributed by atoms with Crippen molar-refractivity contribution in [3.63, 3.8) is 0 Å². The molecule has 0 N–H and O–H groups in total. The fourth-order valence-corrected chi connectivity index (χ4v) is 13.9. The minimum Gasteiger partial charge on any atom is -1.00 e. The van der Waals surface area contributed by atoms with Gasteiger partial charge in [0.2, 0.25) is 0 Å². The van der Waals surface area contributed by atoms with Crippen LogP contribution in [0.15, 0.2) is 69.0 Å². The average molecular weight is 477 g/mol. The van der Waals surface area contributed by atoms with Gasteiger partial charge in [0, 0.05) is 0 Å². The molecular weight excluding hydrogens is 450 g/mol. The summed E-state index contributed by atoms with van der Waals surface area (Å²) < 4.78 is 4.16. The predicted octanol–water partition coefficient (Wildman–Crippen LogP) is 0.465. The van der Waals surface area contributed by atoms with Crippen LogP contribution in [0.1, 0.15) is 49.4 Å². The third-order valence-corrected chi connectivity index (χ3v) is 15.0. The summed E-state index contributed by atoms with van der Waals surface area (Å²) in [5.74, 6) is 0.615. The molecule has 0 fully saturated rings. The summed E-state index contributed by atoms with van der Waals surface area (Å²) in [6.45, 7) is 11.9. The fraction of sp³-hybridized carbons (Fsp3) is 0.292. The summed E-state index contributed by atoms with van der Waals surface area (Å²) in [5.41, 5.74) is 9.19. The van der Waals surface area contributed by atoms with E-state index in [-0.39, 0.29) is 24.8 Å². The van der Waals surface area contributed by atoms with Crippen LogP contribution in [0.25, 0.3) is 11.1 Å². The van der Waals surface area contributed by atoms with Gasteiger partial charge < -0.3 is 24.8 Å². The molecule has 0 bridgehead atoms.